The Morgan fingerprint density at radius 2 is 1.85 bits per heavy atom. The van der Waals surface area contributed by atoms with Gasteiger partial charge < -0.3 is 5.11 Å². The number of aliphatic hydroxyl groups is 1. The minimum Gasteiger partial charge on any atom is -0.396 e. The van der Waals surface area contributed by atoms with Crippen molar-refractivity contribution in [1.82, 2.24) is 0 Å². The van der Waals surface area contributed by atoms with Gasteiger partial charge in [0.1, 0.15) is 0 Å². The van der Waals surface area contributed by atoms with Crippen LogP contribution >= 0.6 is 0 Å². The second-order valence-electron chi connectivity index (χ2n) is 3.46. The van der Waals surface area contributed by atoms with Gasteiger partial charge in [-0.05, 0) is 37.3 Å². The first-order valence-electron chi connectivity index (χ1n) is 5.00. The Morgan fingerprint density at radius 1 is 1.08 bits per heavy atom. The lowest BCUT2D eigenvalue weighted by molar-refractivity contribution is 0.283. The standard InChI is InChI=1S/C12H18O/c1-11-7-4-5-9-12(11)8-3-2-6-10-13/h4-5,7,9,13H,2-3,6,8,10H2,1H3. The van der Waals surface area contributed by atoms with Gasteiger partial charge in [-0.25, -0.2) is 0 Å². The zero-order valence-electron chi connectivity index (χ0n) is 8.29. The fourth-order valence-electron chi connectivity index (χ4n) is 1.49. The van der Waals surface area contributed by atoms with Crippen LogP contribution in [0.5, 0.6) is 0 Å². The van der Waals surface area contributed by atoms with E-state index in [1.54, 1.807) is 0 Å². The average Bonchev–Trinajstić information content (AvgIpc) is 2.15. The smallest absolute Gasteiger partial charge is 0.0431 e. The summed E-state index contributed by atoms with van der Waals surface area (Å²) in [5.74, 6) is 0. The molecule has 0 spiro atoms. The maximum atomic E-state index is 8.62. The Labute approximate surface area is 80.4 Å². The molecule has 1 nitrogen and oxygen atoms in total. The Hall–Kier alpha value is -0.820. The number of rotatable bonds is 5. The third-order valence-electron chi connectivity index (χ3n) is 2.37. The van der Waals surface area contributed by atoms with Gasteiger partial charge in [-0.15, -0.1) is 0 Å². The lowest BCUT2D eigenvalue weighted by Gasteiger charge is -2.04. The zero-order valence-corrected chi connectivity index (χ0v) is 8.29. The Kier molecular flexibility index (Phi) is 4.55. The third-order valence-corrected chi connectivity index (χ3v) is 2.37. The summed E-state index contributed by atoms with van der Waals surface area (Å²) in [6, 6.07) is 8.51. The summed E-state index contributed by atoms with van der Waals surface area (Å²) in [4.78, 5) is 0. The summed E-state index contributed by atoms with van der Waals surface area (Å²) in [6.45, 7) is 2.48. The van der Waals surface area contributed by atoms with Crippen LogP contribution < -0.4 is 0 Å². The Balaban J connectivity index is 2.32. The molecule has 1 aromatic rings. The molecule has 13 heavy (non-hydrogen) atoms. The summed E-state index contributed by atoms with van der Waals surface area (Å²) in [7, 11) is 0. The van der Waals surface area contributed by atoms with Crippen LogP contribution in [0, 0.1) is 6.92 Å². The highest BCUT2D eigenvalue weighted by atomic mass is 16.2. The molecular formula is C12H18O. The van der Waals surface area contributed by atoms with Crippen LogP contribution in [0.15, 0.2) is 24.3 Å². The van der Waals surface area contributed by atoms with E-state index in [2.05, 4.69) is 31.2 Å². The van der Waals surface area contributed by atoms with Crippen LogP contribution in [0.3, 0.4) is 0 Å². The second kappa shape index (κ2) is 5.76. The van der Waals surface area contributed by atoms with Crippen molar-refractivity contribution in [3.05, 3.63) is 35.4 Å². The average molecular weight is 178 g/mol. The van der Waals surface area contributed by atoms with E-state index in [-0.39, 0.29) is 0 Å². The van der Waals surface area contributed by atoms with E-state index in [0.717, 1.165) is 19.3 Å². The van der Waals surface area contributed by atoms with Gasteiger partial charge in [0, 0.05) is 6.61 Å². The van der Waals surface area contributed by atoms with Crippen LogP contribution in [0.1, 0.15) is 30.4 Å². The first-order chi connectivity index (χ1) is 6.34. The van der Waals surface area contributed by atoms with Crippen molar-refractivity contribution in [2.24, 2.45) is 0 Å². The van der Waals surface area contributed by atoms with Gasteiger partial charge in [-0.2, -0.15) is 0 Å². The molecule has 0 aliphatic rings. The number of aliphatic hydroxyl groups excluding tert-OH is 1. The fourth-order valence-corrected chi connectivity index (χ4v) is 1.49. The minimum atomic E-state index is 0.327. The van der Waals surface area contributed by atoms with E-state index >= 15 is 0 Å². The maximum absolute atomic E-state index is 8.62. The van der Waals surface area contributed by atoms with Gasteiger partial charge in [0.05, 0.1) is 0 Å². The van der Waals surface area contributed by atoms with Crippen molar-refractivity contribution < 1.29 is 5.11 Å². The zero-order chi connectivity index (χ0) is 9.52. The molecule has 1 aromatic carbocycles. The van der Waals surface area contributed by atoms with E-state index in [4.69, 9.17) is 5.11 Å². The molecule has 0 aromatic heterocycles. The molecule has 0 radical (unpaired) electrons. The summed E-state index contributed by atoms with van der Waals surface area (Å²) in [5, 5.41) is 8.62. The van der Waals surface area contributed by atoms with Crippen molar-refractivity contribution in [2.45, 2.75) is 32.6 Å². The molecule has 0 saturated carbocycles. The lowest BCUT2D eigenvalue weighted by Crippen LogP contribution is -1.90. The first-order valence-corrected chi connectivity index (χ1v) is 5.00. The van der Waals surface area contributed by atoms with E-state index in [9.17, 15) is 0 Å². The predicted octanol–water partition coefficient (Wildman–Crippen LogP) is 2.70. The van der Waals surface area contributed by atoms with E-state index in [1.807, 2.05) is 0 Å². The molecule has 0 unspecified atom stereocenters. The Bertz CT molecular complexity index is 243. The molecule has 0 heterocycles. The van der Waals surface area contributed by atoms with Gasteiger partial charge in [-0.3, -0.25) is 0 Å². The summed E-state index contributed by atoms with van der Waals surface area (Å²) in [5.41, 5.74) is 2.83. The highest BCUT2D eigenvalue weighted by molar-refractivity contribution is 5.25. The SMILES string of the molecule is Cc1ccccc1CCCCCO. The van der Waals surface area contributed by atoms with Gasteiger partial charge in [0.25, 0.3) is 0 Å². The predicted molar refractivity (Wildman–Crippen MR) is 55.8 cm³/mol. The van der Waals surface area contributed by atoms with Crippen molar-refractivity contribution in [1.29, 1.82) is 0 Å². The quantitative estimate of drug-likeness (QED) is 0.687. The topological polar surface area (TPSA) is 20.2 Å². The van der Waals surface area contributed by atoms with Crippen LogP contribution in [-0.2, 0) is 6.42 Å². The molecule has 0 fully saturated rings. The van der Waals surface area contributed by atoms with Crippen LogP contribution in [-0.4, -0.2) is 11.7 Å². The third kappa shape index (κ3) is 3.60. The molecule has 0 atom stereocenters. The first kappa shape index (κ1) is 10.3. The van der Waals surface area contributed by atoms with Crippen molar-refractivity contribution in [3.63, 3.8) is 0 Å². The number of hydrogen-bond acceptors (Lipinski definition) is 1. The molecule has 0 aliphatic heterocycles. The van der Waals surface area contributed by atoms with Gasteiger partial charge in [-0.1, -0.05) is 30.7 Å². The van der Waals surface area contributed by atoms with Gasteiger partial charge >= 0.3 is 0 Å². The van der Waals surface area contributed by atoms with Gasteiger partial charge in [0.15, 0.2) is 0 Å². The number of hydrogen-bond donors (Lipinski definition) is 1. The fraction of sp³-hybridized carbons (Fsp3) is 0.500. The Morgan fingerprint density at radius 3 is 2.54 bits per heavy atom. The molecule has 0 bridgehead atoms. The highest BCUT2D eigenvalue weighted by Gasteiger charge is 1.95. The molecule has 72 valence electrons. The van der Waals surface area contributed by atoms with Crippen LogP contribution in [0.2, 0.25) is 0 Å². The molecule has 1 rings (SSSR count). The van der Waals surface area contributed by atoms with Gasteiger partial charge in [0.2, 0.25) is 0 Å². The minimum absolute atomic E-state index is 0.327. The number of aryl methyl sites for hydroxylation is 2. The molecule has 0 saturated heterocycles. The van der Waals surface area contributed by atoms with Crippen molar-refractivity contribution >= 4 is 0 Å². The molecule has 1 N–H and O–H groups in total. The molecular weight excluding hydrogens is 160 g/mol. The van der Waals surface area contributed by atoms with E-state index in [1.165, 1.54) is 17.5 Å². The van der Waals surface area contributed by atoms with Crippen LogP contribution in [0.25, 0.3) is 0 Å². The molecule has 0 amide bonds. The normalized spacial score (nSPS) is 10.3. The number of benzene rings is 1. The van der Waals surface area contributed by atoms with E-state index in [0.29, 0.717) is 6.61 Å². The van der Waals surface area contributed by atoms with E-state index < -0.39 is 0 Å². The monoisotopic (exact) mass is 178 g/mol. The lowest BCUT2D eigenvalue weighted by atomic mass is 10.0. The molecule has 1 heteroatoms. The second-order valence-corrected chi connectivity index (χ2v) is 3.46. The summed E-state index contributed by atoms with van der Waals surface area (Å²) < 4.78 is 0. The highest BCUT2D eigenvalue weighted by Crippen LogP contribution is 2.11. The largest absolute Gasteiger partial charge is 0.396 e. The number of unbranched alkanes of at least 4 members (excludes halogenated alkanes) is 2. The van der Waals surface area contributed by atoms with Crippen LogP contribution in [0.4, 0.5) is 0 Å². The van der Waals surface area contributed by atoms with Crippen molar-refractivity contribution in [2.75, 3.05) is 6.61 Å². The summed E-state index contributed by atoms with van der Waals surface area (Å²) in [6.07, 6.45) is 4.40. The molecule has 0 aliphatic carbocycles. The summed E-state index contributed by atoms with van der Waals surface area (Å²) >= 11 is 0. The van der Waals surface area contributed by atoms with Crippen molar-refractivity contribution in [3.8, 4) is 0 Å². The maximum Gasteiger partial charge on any atom is 0.0431 e.